The van der Waals surface area contributed by atoms with Crippen LogP contribution in [0.2, 0.25) is 5.02 Å². The van der Waals surface area contributed by atoms with Gasteiger partial charge in [0.15, 0.2) is 0 Å². The summed E-state index contributed by atoms with van der Waals surface area (Å²) in [5, 5.41) is 0.625. The summed E-state index contributed by atoms with van der Waals surface area (Å²) in [5.41, 5.74) is 1.97. The van der Waals surface area contributed by atoms with Crippen LogP contribution < -0.4 is 0 Å². The minimum atomic E-state index is 0.0205. The van der Waals surface area contributed by atoms with Crippen molar-refractivity contribution in [3.8, 4) is 0 Å². The van der Waals surface area contributed by atoms with E-state index in [2.05, 4.69) is 29.2 Å². The number of hydrogen-bond donors (Lipinski definition) is 0. The number of benzene rings is 2. The Hall–Kier alpha value is -2.37. The van der Waals surface area contributed by atoms with Crippen molar-refractivity contribution in [1.82, 2.24) is 14.7 Å². The van der Waals surface area contributed by atoms with E-state index in [1.807, 2.05) is 15.9 Å². The zero-order valence-corrected chi connectivity index (χ0v) is 17.9. The summed E-state index contributed by atoms with van der Waals surface area (Å²) in [6, 6.07) is 17.5. The summed E-state index contributed by atoms with van der Waals surface area (Å²) < 4.78 is 0. The first-order valence-corrected chi connectivity index (χ1v) is 11.1. The van der Waals surface area contributed by atoms with Crippen LogP contribution in [0.5, 0.6) is 0 Å². The van der Waals surface area contributed by atoms with Gasteiger partial charge in [0, 0.05) is 62.3 Å². The maximum Gasteiger partial charge on any atom is 0.253 e. The number of piperazine rings is 1. The van der Waals surface area contributed by atoms with Gasteiger partial charge in [0.25, 0.3) is 5.91 Å². The molecule has 2 aliphatic heterocycles. The molecule has 5 nitrogen and oxygen atoms in total. The summed E-state index contributed by atoms with van der Waals surface area (Å²) in [6.07, 6.45) is 1.48. The van der Waals surface area contributed by atoms with Crippen molar-refractivity contribution in [1.29, 1.82) is 0 Å². The number of nitrogens with zero attached hydrogens (tertiary/aromatic N) is 3. The van der Waals surface area contributed by atoms with Gasteiger partial charge in [0.2, 0.25) is 5.91 Å². The van der Waals surface area contributed by atoms with Crippen molar-refractivity contribution in [2.24, 2.45) is 5.92 Å². The van der Waals surface area contributed by atoms with Crippen molar-refractivity contribution in [2.75, 3.05) is 39.3 Å². The third kappa shape index (κ3) is 5.02. The van der Waals surface area contributed by atoms with Crippen LogP contribution in [0.4, 0.5) is 0 Å². The van der Waals surface area contributed by atoms with Gasteiger partial charge < -0.3 is 9.80 Å². The molecule has 2 aromatic rings. The lowest BCUT2D eigenvalue weighted by Gasteiger charge is -2.38. The van der Waals surface area contributed by atoms with Gasteiger partial charge in [0.1, 0.15) is 0 Å². The molecule has 2 heterocycles. The maximum atomic E-state index is 13.0. The Kier molecular flexibility index (Phi) is 6.70. The van der Waals surface area contributed by atoms with Crippen LogP contribution in [0.1, 0.15) is 28.8 Å². The highest BCUT2D eigenvalue weighted by Crippen LogP contribution is 2.23. The minimum absolute atomic E-state index is 0.0205. The summed E-state index contributed by atoms with van der Waals surface area (Å²) in [7, 11) is 0. The fourth-order valence-corrected chi connectivity index (χ4v) is 4.46. The molecule has 0 spiro atoms. The van der Waals surface area contributed by atoms with Gasteiger partial charge in [-0.1, -0.05) is 41.9 Å². The molecule has 0 aliphatic carbocycles. The SMILES string of the molecule is O=C(c1ccc(Cl)cc1)N1CCC(C(=O)N2CCN(Cc3ccccc3)CC2)CC1. The summed E-state index contributed by atoms with van der Waals surface area (Å²) >= 11 is 5.91. The van der Waals surface area contributed by atoms with E-state index in [4.69, 9.17) is 11.6 Å². The lowest BCUT2D eigenvalue weighted by molar-refractivity contribution is -0.138. The molecule has 0 N–H and O–H groups in total. The van der Waals surface area contributed by atoms with Gasteiger partial charge in [-0.3, -0.25) is 14.5 Å². The van der Waals surface area contributed by atoms with Crippen LogP contribution in [0.15, 0.2) is 54.6 Å². The van der Waals surface area contributed by atoms with E-state index >= 15 is 0 Å². The maximum absolute atomic E-state index is 13.0. The first kappa shape index (κ1) is 20.9. The zero-order valence-electron chi connectivity index (χ0n) is 17.2. The number of hydrogen-bond acceptors (Lipinski definition) is 3. The zero-order chi connectivity index (χ0) is 20.9. The monoisotopic (exact) mass is 425 g/mol. The molecule has 0 unspecified atom stereocenters. The Balaban J connectivity index is 1.24. The van der Waals surface area contributed by atoms with Gasteiger partial charge in [-0.05, 0) is 42.7 Å². The Morgan fingerprint density at radius 3 is 2.07 bits per heavy atom. The quantitative estimate of drug-likeness (QED) is 0.752. The lowest BCUT2D eigenvalue weighted by atomic mass is 9.94. The fraction of sp³-hybridized carbons (Fsp3) is 0.417. The van der Waals surface area contributed by atoms with E-state index < -0.39 is 0 Å². The standard InChI is InChI=1S/C24H28ClN3O2/c25-22-8-6-20(7-9-22)23(29)27-12-10-21(11-13-27)24(30)28-16-14-26(15-17-28)18-19-4-2-1-3-5-19/h1-9,21H,10-18H2. The van der Waals surface area contributed by atoms with Crippen molar-refractivity contribution in [3.05, 3.63) is 70.7 Å². The van der Waals surface area contributed by atoms with Crippen LogP contribution in [0.25, 0.3) is 0 Å². The van der Waals surface area contributed by atoms with Gasteiger partial charge in [0.05, 0.1) is 0 Å². The third-order valence-corrected chi connectivity index (χ3v) is 6.41. The first-order chi connectivity index (χ1) is 14.6. The Labute approximate surface area is 183 Å². The molecule has 2 aliphatic rings. The molecule has 2 fully saturated rings. The summed E-state index contributed by atoms with van der Waals surface area (Å²) in [5.74, 6) is 0.306. The number of halogens is 1. The predicted octanol–water partition coefficient (Wildman–Crippen LogP) is 3.54. The number of rotatable bonds is 4. The van der Waals surface area contributed by atoms with Crippen molar-refractivity contribution in [2.45, 2.75) is 19.4 Å². The second kappa shape index (κ2) is 9.63. The highest BCUT2D eigenvalue weighted by molar-refractivity contribution is 6.30. The van der Waals surface area contributed by atoms with Crippen molar-refractivity contribution >= 4 is 23.4 Å². The molecule has 0 bridgehead atoms. The second-order valence-electron chi connectivity index (χ2n) is 8.16. The van der Waals surface area contributed by atoms with Crippen LogP contribution >= 0.6 is 11.6 Å². The average Bonchev–Trinajstić information content (AvgIpc) is 2.80. The Morgan fingerprint density at radius 1 is 0.800 bits per heavy atom. The van der Waals surface area contributed by atoms with E-state index in [1.165, 1.54) is 5.56 Å². The van der Waals surface area contributed by atoms with Gasteiger partial charge in [-0.2, -0.15) is 0 Å². The van der Waals surface area contributed by atoms with Crippen LogP contribution in [0.3, 0.4) is 0 Å². The topological polar surface area (TPSA) is 43.9 Å². The Bertz CT molecular complexity index is 856. The number of piperidine rings is 1. The van der Waals surface area contributed by atoms with Crippen LogP contribution in [-0.4, -0.2) is 65.8 Å². The molecule has 0 saturated carbocycles. The molecule has 2 saturated heterocycles. The molecular formula is C24H28ClN3O2. The van der Waals surface area contributed by atoms with Crippen LogP contribution in [0, 0.1) is 5.92 Å². The second-order valence-corrected chi connectivity index (χ2v) is 8.60. The van der Waals surface area contributed by atoms with Gasteiger partial charge >= 0.3 is 0 Å². The normalized spacial score (nSPS) is 18.4. The van der Waals surface area contributed by atoms with E-state index in [-0.39, 0.29) is 17.7 Å². The van der Waals surface area contributed by atoms with Gasteiger partial charge in [-0.25, -0.2) is 0 Å². The highest BCUT2D eigenvalue weighted by Gasteiger charge is 2.31. The van der Waals surface area contributed by atoms with Crippen LogP contribution in [-0.2, 0) is 11.3 Å². The first-order valence-electron chi connectivity index (χ1n) is 10.7. The molecular weight excluding hydrogens is 398 g/mol. The van der Waals surface area contributed by atoms with Gasteiger partial charge in [-0.15, -0.1) is 0 Å². The number of amides is 2. The fourth-order valence-electron chi connectivity index (χ4n) is 4.33. The average molecular weight is 426 g/mol. The predicted molar refractivity (Wildman–Crippen MR) is 118 cm³/mol. The molecule has 2 amide bonds. The number of likely N-dealkylation sites (tertiary alicyclic amines) is 1. The highest BCUT2D eigenvalue weighted by atomic mass is 35.5. The molecule has 6 heteroatoms. The number of carbonyl (C=O) groups is 2. The molecule has 0 atom stereocenters. The molecule has 0 radical (unpaired) electrons. The van der Waals surface area contributed by atoms with E-state index in [1.54, 1.807) is 24.3 Å². The smallest absolute Gasteiger partial charge is 0.253 e. The lowest BCUT2D eigenvalue weighted by Crippen LogP contribution is -2.51. The largest absolute Gasteiger partial charge is 0.340 e. The minimum Gasteiger partial charge on any atom is -0.340 e. The Morgan fingerprint density at radius 2 is 1.43 bits per heavy atom. The van der Waals surface area contributed by atoms with Crippen molar-refractivity contribution < 1.29 is 9.59 Å². The van der Waals surface area contributed by atoms with E-state index in [0.717, 1.165) is 45.6 Å². The van der Waals surface area contributed by atoms with Crippen molar-refractivity contribution in [3.63, 3.8) is 0 Å². The van der Waals surface area contributed by atoms with E-state index in [9.17, 15) is 9.59 Å². The molecule has 0 aromatic heterocycles. The molecule has 2 aromatic carbocycles. The van der Waals surface area contributed by atoms with E-state index in [0.29, 0.717) is 23.7 Å². The number of carbonyl (C=O) groups excluding carboxylic acids is 2. The third-order valence-electron chi connectivity index (χ3n) is 6.16. The molecule has 4 rings (SSSR count). The molecule has 30 heavy (non-hydrogen) atoms. The molecule has 158 valence electrons. The summed E-state index contributed by atoms with van der Waals surface area (Å²) in [6.45, 7) is 5.60. The summed E-state index contributed by atoms with van der Waals surface area (Å²) in [4.78, 5) is 31.9.